The van der Waals surface area contributed by atoms with Crippen LogP contribution in [0.3, 0.4) is 0 Å². The zero-order valence-electron chi connectivity index (χ0n) is 11.7. The first-order valence-electron chi connectivity index (χ1n) is 7.43. The Hall–Kier alpha value is -2.30. The molecule has 0 saturated heterocycles. The van der Waals surface area contributed by atoms with Crippen molar-refractivity contribution in [2.45, 2.75) is 31.8 Å². The Balaban J connectivity index is 1.64. The summed E-state index contributed by atoms with van der Waals surface area (Å²) in [5.41, 5.74) is 2.70. The van der Waals surface area contributed by atoms with Gasteiger partial charge in [0.15, 0.2) is 6.10 Å². The van der Waals surface area contributed by atoms with Crippen LogP contribution in [0.4, 0.5) is 0 Å². The van der Waals surface area contributed by atoms with E-state index < -0.39 is 0 Å². The highest BCUT2D eigenvalue weighted by atomic mass is 16.5. The number of benzene rings is 1. The van der Waals surface area contributed by atoms with Gasteiger partial charge < -0.3 is 15.0 Å². The molecule has 0 spiro atoms. The van der Waals surface area contributed by atoms with Crippen molar-refractivity contribution in [3.63, 3.8) is 0 Å². The van der Waals surface area contributed by atoms with E-state index in [1.165, 1.54) is 5.56 Å². The van der Waals surface area contributed by atoms with Gasteiger partial charge in [-0.2, -0.15) is 0 Å². The lowest BCUT2D eigenvalue weighted by molar-refractivity contribution is 0.0951. The Labute approximate surface area is 122 Å². The molecule has 0 radical (unpaired) electrons. The number of aromatic nitrogens is 2. The molecule has 1 amide bonds. The molecule has 5 heteroatoms. The summed E-state index contributed by atoms with van der Waals surface area (Å²) in [6, 6.07) is 8.09. The highest BCUT2D eigenvalue weighted by Crippen LogP contribution is 2.34. The van der Waals surface area contributed by atoms with E-state index in [1.54, 1.807) is 0 Å². The second kappa shape index (κ2) is 4.91. The number of para-hydroxylation sites is 1. The topological polar surface area (TPSA) is 67.0 Å². The van der Waals surface area contributed by atoms with Crippen molar-refractivity contribution < 1.29 is 9.53 Å². The van der Waals surface area contributed by atoms with E-state index in [2.05, 4.69) is 21.4 Å². The molecule has 1 atom stereocenters. The fourth-order valence-electron chi connectivity index (χ4n) is 3.02. The third kappa shape index (κ3) is 2.18. The average molecular weight is 283 g/mol. The van der Waals surface area contributed by atoms with Crippen LogP contribution < -0.4 is 10.1 Å². The Kier molecular flexibility index (Phi) is 2.91. The Morgan fingerprint density at radius 3 is 3.10 bits per heavy atom. The lowest BCUT2D eigenvalue weighted by atomic mass is 10.0. The molecule has 0 saturated carbocycles. The van der Waals surface area contributed by atoms with Gasteiger partial charge in [0.1, 0.15) is 17.3 Å². The predicted molar refractivity (Wildman–Crippen MR) is 77.4 cm³/mol. The van der Waals surface area contributed by atoms with E-state index in [-0.39, 0.29) is 12.0 Å². The number of carbonyl (C=O) groups excluding carboxylic acids is 1. The molecule has 0 bridgehead atoms. The number of hydrogen-bond acceptors (Lipinski definition) is 3. The number of fused-ring (bicyclic) bond motifs is 2. The Morgan fingerprint density at radius 2 is 2.14 bits per heavy atom. The lowest BCUT2D eigenvalue weighted by Gasteiger charge is -2.24. The van der Waals surface area contributed by atoms with Gasteiger partial charge >= 0.3 is 0 Å². The number of ether oxygens (including phenoxy) is 1. The van der Waals surface area contributed by atoms with Crippen LogP contribution in [-0.4, -0.2) is 22.4 Å². The third-order valence-electron chi connectivity index (χ3n) is 4.12. The molecule has 3 heterocycles. The van der Waals surface area contributed by atoms with E-state index >= 15 is 0 Å². The molecule has 2 aliphatic rings. The smallest absolute Gasteiger partial charge is 0.271 e. The summed E-state index contributed by atoms with van der Waals surface area (Å²) < 4.78 is 6.04. The number of aromatic amines is 1. The molecule has 1 aromatic heterocycles. The van der Waals surface area contributed by atoms with Crippen LogP contribution in [0.5, 0.6) is 5.75 Å². The molecular weight excluding hydrogens is 266 g/mol. The normalized spacial score (nSPS) is 20.8. The highest BCUT2D eigenvalue weighted by molar-refractivity contribution is 5.93. The fourth-order valence-corrected chi connectivity index (χ4v) is 3.02. The molecule has 0 aliphatic carbocycles. The summed E-state index contributed by atoms with van der Waals surface area (Å²) in [5, 5.41) is 2.87. The fraction of sp³-hybridized carbons (Fsp3) is 0.375. The number of H-pyrrole nitrogens is 1. The standard InChI is InChI=1S/C16H17N3O2/c20-16-14-11(5-3-9-17-16)18-15(19-14)13-8-7-10-4-1-2-6-12(10)21-13/h1-2,4,6,13H,3,5,7-9H2,(H,17,20)(H,18,19). The van der Waals surface area contributed by atoms with E-state index in [1.807, 2.05) is 18.2 Å². The van der Waals surface area contributed by atoms with Crippen molar-refractivity contribution in [2.75, 3.05) is 6.54 Å². The summed E-state index contributed by atoms with van der Waals surface area (Å²) in [7, 11) is 0. The maximum absolute atomic E-state index is 12.0. The van der Waals surface area contributed by atoms with Gasteiger partial charge in [-0.05, 0) is 37.3 Å². The molecule has 108 valence electrons. The van der Waals surface area contributed by atoms with Crippen molar-refractivity contribution >= 4 is 5.91 Å². The molecule has 0 fully saturated rings. The first kappa shape index (κ1) is 12.4. The molecule has 1 aromatic carbocycles. The number of rotatable bonds is 1. The minimum atomic E-state index is -0.0976. The number of nitrogens with zero attached hydrogens (tertiary/aromatic N) is 1. The summed E-state index contributed by atoms with van der Waals surface area (Å²) in [6.07, 6.45) is 3.54. The van der Waals surface area contributed by atoms with Crippen LogP contribution in [0.15, 0.2) is 24.3 Å². The zero-order chi connectivity index (χ0) is 14.2. The van der Waals surface area contributed by atoms with Gasteiger partial charge in [0.2, 0.25) is 0 Å². The first-order valence-corrected chi connectivity index (χ1v) is 7.43. The van der Waals surface area contributed by atoms with Crippen molar-refractivity contribution in [1.29, 1.82) is 0 Å². The van der Waals surface area contributed by atoms with Crippen LogP contribution in [-0.2, 0) is 12.8 Å². The minimum Gasteiger partial charge on any atom is -0.482 e. The van der Waals surface area contributed by atoms with Gasteiger partial charge in [-0.15, -0.1) is 0 Å². The van der Waals surface area contributed by atoms with E-state index in [9.17, 15) is 4.79 Å². The molecule has 2 aromatic rings. The van der Waals surface area contributed by atoms with E-state index in [4.69, 9.17) is 4.74 Å². The van der Waals surface area contributed by atoms with Gasteiger partial charge in [0.05, 0.1) is 0 Å². The van der Waals surface area contributed by atoms with E-state index in [0.717, 1.165) is 43.0 Å². The van der Waals surface area contributed by atoms with Crippen LogP contribution in [0.25, 0.3) is 0 Å². The number of nitrogens with one attached hydrogen (secondary N) is 2. The lowest BCUT2D eigenvalue weighted by Crippen LogP contribution is -2.23. The number of carbonyl (C=O) groups is 1. The van der Waals surface area contributed by atoms with E-state index in [0.29, 0.717) is 12.2 Å². The molecule has 5 nitrogen and oxygen atoms in total. The van der Waals surface area contributed by atoms with Crippen LogP contribution in [0.2, 0.25) is 0 Å². The Morgan fingerprint density at radius 1 is 1.24 bits per heavy atom. The maximum Gasteiger partial charge on any atom is 0.271 e. The monoisotopic (exact) mass is 283 g/mol. The SMILES string of the molecule is O=C1NCCCc2[nH]c(C3CCc4ccccc4O3)nc21. The third-order valence-corrected chi connectivity index (χ3v) is 4.12. The molecular formula is C16H17N3O2. The molecule has 2 N–H and O–H groups in total. The Bertz CT molecular complexity index is 693. The van der Waals surface area contributed by atoms with Crippen molar-refractivity contribution in [3.05, 3.63) is 47.0 Å². The molecule has 21 heavy (non-hydrogen) atoms. The molecule has 4 rings (SSSR count). The highest BCUT2D eigenvalue weighted by Gasteiger charge is 2.27. The quantitative estimate of drug-likeness (QED) is 0.842. The second-order valence-electron chi connectivity index (χ2n) is 5.56. The van der Waals surface area contributed by atoms with Crippen molar-refractivity contribution in [1.82, 2.24) is 15.3 Å². The summed E-state index contributed by atoms with van der Waals surface area (Å²) in [4.78, 5) is 19.8. The predicted octanol–water partition coefficient (Wildman–Crippen LogP) is 2.15. The molecule has 2 aliphatic heterocycles. The summed E-state index contributed by atoms with van der Waals surface area (Å²) in [6.45, 7) is 0.714. The number of aryl methyl sites for hydroxylation is 2. The van der Waals surface area contributed by atoms with Crippen molar-refractivity contribution in [2.24, 2.45) is 0 Å². The second-order valence-corrected chi connectivity index (χ2v) is 5.56. The van der Waals surface area contributed by atoms with Crippen LogP contribution in [0.1, 0.15) is 46.5 Å². The number of amides is 1. The van der Waals surface area contributed by atoms with Gasteiger partial charge in [-0.25, -0.2) is 4.98 Å². The average Bonchev–Trinajstić information content (AvgIpc) is 2.88. The number of hydrogen-bond donors (Lipinski definition) is 2. The zero-order valence-corrected chi connectivity index (χ0v) is 11.7. The van der Waals surface area contributed by atoms with Gasteiger partial charge in [0.25, 0.3) is 5.91 Å². The summed E-state index contributed by atoms with van der Waals surface area (Å²) >= 11 is 0. The largest absolute Gasteiger partial charge is 0.482 e. The number of imidazole rings is 1. The van der Waals surface area contributed by atoms with Crippen LogP contribution >= 0.6 is 0 Å². The summed E-state index contributed by atoms with van der Waals surface area (Å²) in [5.74, 6) is 1.61. The van der Waals surface area contributed by atoms with Gasteiger partial charge in [-0.1, -0.05) is 18.2 Å². The molecule has 1 unspecified atom stereocenters. The van der Waals surface area contributed by atoms with Gasteiger partial charge in [-0.3, -0.25) is 4.79 Å². The van der Waals surface area contributed by atoms with Crippen molar-refractivity contribution in [3.8, 4) is 5.75 Å². The van der Waals surface area contributed by atoms with Crippen LogP contribution in [0, 0.1) is 0 Å². The minimum absolute atomic E-state index is 0.0822. The first-order chi connectivity index (χ1) is 10.3. The van der Waals surface area contributed by atoms with Gasteiger partial charge in [0, 0.05) is 12.2 Å². The maximum atomic E-state index is 12.0.